The topological polar surface area (TPSA) is 20.2 Å². The molecule has 1 heterocycles. The van der Waals surface area contributed by atoms with Gasteiger partial charge in [-0.2, -0.15) is 11.3 Å². The largest absolute Gasteiger partial charge is 0.396 e. The molecule has 0 fully saturated rings. The molecule has 0 spiro atoms. The molecule has 2 aromatic rings. The fourth-order valence-corrected chi connectivity index (χ4v) is 3.24. The Morgan fingerprint density at radius 1 is 1.24 bits per heavy atom. The fraction of sp³-hybridized carbons (Fsp3) is 0.286. The molecule has 0 amide bonds. The minimum absolute atomic E-state index is 0.201. The van der Waals surface area contributed by atoms with E-state index in [-0.39, 0.29) is 12.5 Å². The van der Waals surface area contributed by atoms with E-state index in [1.807, 2.05) is 18.2 Å². The summed E-state index contributed by atoms with van der Waals surface area (Å²) in [7, 11) is 0. The highest BCUT2D eigenvalue weighted by Gasteiger charge is 2.13. The second-order valence-electron chi connectivity index (χ2n) is 4.07. The molecule has 0 aliphatic heterocycles. The van der Waals surface area contributed by atoms with Crippen LogP contribution in [0.4, 0.5) is 0 Å². The van der Waals surface area contributed by atoms with E-state index in [1.54, 1.807) is 11.3 Å². The van der Waals surface area contributed by atoms with E-state index in [4.69, 9.17) is 0 Å². The van der Waals surface area contributed by atoms with E-state index < -0.39 is 0 Å². The number of benzene rings is 1. The number of aryl methyl sites for hydroxylation is 1. The summed E-state index contributed by atoms with van der Waals surface area (Å²) in [5, 5.41) is 13.8. The van der Waals surface area contributed by atoms with Gasteiger partial charge < -0.3 is 5.11 Å². The lowest BCUT2D eigenvalue weighted by Gasteiger charge is -2.15. The van der Waals surface area contributed by atoms with Crippen molar-refractivity contribution in [3.63, 3.8) is 0 Å². The van der Waals surface area contributed by atoms with Gasteiger partial charge in [-0.25, -0.2) is 0 Å². The second kappa shape index (κ2) is 6.34. The summed E-state index contributed by atoms with van der Waals surface area (Å²) in [6.45, 7) is 0.201. The zero-order valence-corrected chi connectivity index (χ0v) is 11.9. The summed E-state index contributed by atoms with van der Waals surface area (Å²) in [5.41, 5.74) is 2.56. The van der Waals surface area contributed by atoms with Crippen LogP contribution in [0.2, 0.25) is 0 Å². The van der Waals surface area contributed by atoms with Gasteiger partial charge in [0.25, 0.3) is 0 Å². The van der Waals surface area contributed by atoms with E-state index in [0.29, 0.717) is 0 Å². The molecule has 0 saturated heterocycles. The van der Waals surface area contributed by atoms with Crippen molar-refractivity contribution < 1.29 is 5.11 Å². The van der Waals surface area contributed by atoms with Crippen LogP contribution in [-0.2, 0) is 6.42 Å². The van der Waals surface area contributed by atoms with Crippen molar-refractivity contribution in [2.75, 3.05) is 6.61 Å². The minimum Gasteiger partial charge on any atom is -0.396 e. The molecular weight excluding hydrogens is 296 g/mol. The molecule has 0 saturated carbocycles. The highest BCUT2D eigenvalue weighted by atomic mass is 79.9. The average molecular weight is 311 g/mol. The Balaban J connectivity index is 2.04. The van der Waals surface area contributed by atoms with Crippen LogP contribution in [0.25, 0.3) is 0 Å². The molecule has 1 N–H and O–H groups in total. The zero-order valence-electron chi connectivity index (χ0n) is 9.47. The highest BCUT2D eigenvalue weighted by Crippen LogP contribution is 2.28. The quantitative estimate of drug-likeness (QED) is 0.876. The molecule has 3 heteroatoms. The molecule has 1 atom stereocenters. The third-order valence-corrected chi connectivity index (χ3v) is 4.38. The lowest BCUT2D eigenvalue weighted by Crippen LogP contribution is -2.06. The van der Waals surface area contributed by atoms with Gasteiger partial charge in [-0.1, -0.05) is 34.1 Å². The minimum atomic E-state index is 0.201. The summed E-state index contributed by atoms with van der Waals surface area (Å²) >= 11 is 5.27. The number of aliphatic hydroxyl groups is 1. The Hall–Kier alpha value is -0.640. The lowest BCUT2D eigenvalue weighted by molar-refractivity contribution is 0.259. The highest BCUT2D eigenvalue weighted by molar-refractivity contribution is 9.10. The molecule has 0 aliphatic carbocycles. The maximum atomic E-state index is 9.51. The predicted molar refractivity (Wildman–Crippen MR) is 76.6 cm³/mol. The maximum Gasteiger partial charge on any atom is 0.0500 e. The van der Waals surface area contributed by atoms with Crippen molar-refractivity contribution in [2.24, 2.45) is 0 Å². The van der Waals surface area contributed by atoms with Gasteiger partial charge >= 0.3 is 0 Å². The number of aliphatic hydroxyl groups excluding tert-OH is 1. The normalized spacial score (nSPS) is 12.6. The summed E-state index contributed by atoms with van der Waals surface area (Å²) in [5.74, 6) is 0.213. The van der Waals surface area contributed by atoms with Gasteiger partial charge in [0.15, 0.2) is 0 Å². The van der Waals surface area contributed by atoms with Crippen LogP contribution in [0.1, 0.15) is 23.5 Å². The first-order valence-electron chi connectivity index (χ1n) is 5.67. The van der Waals surface area contributed by atoms with Gasteiger partial charge in [0.2, 0.25) is 0 Å². The molecular formula is C14H15BrOS. The Bertz CT molecular complexity index is 453. The average Bonchev–Trinajstić information content (AvgIpc) is 2.85. The fourth-order valence-electron chi connectivity index (χ4n) is 1.93. The van der Waals surface area contributed by atoms with Gasteiger partial charge in [0, 0.05) is 17.0 Å². The second-order valence-corrected chi connectivity index (χ2v) is 5.71. The molecule has 1 aromatic carbocycles. The van der Waals surface area contributed by atoms with Crippen molar-refractivity contribution >= 4 is 27.3 Å². The number of hydrogen-bond acceptors (Lipinski definition) is 2. The van der Waals surface area contributed by atoms with E-state index in [1.165, 1.54) is 11.1 Å². The zero-order chi connectivity index (χ0) is 12.1. The molecule has 1 aromatic heterocycles. The first kappa shape index (κ1) is 12.8. The standard InChI is InChI=1S/C14H15BrOS/c15-14-4-2-1-3-13(14)12(9-16)6-5-11-7-8-17-10-11/h1-4,7-8,10,12,16H,5-6,9H2. The van der Waals surface area contributed by atoms with E-state index in [9.17, 15) is 5.11 Å². The number of rotatable bonds is 5. The Labute approximate surface area is 114 Å². The first-order chi connectivity index (χ1) is 8.31. The van der Waals surface area contributed by atoms with Crippen LogP contribution < -0.4 is 0 Å². The smallest absolute Gasteiger partial charge is 0.0500 e. The van der Waals surface area contributed by atoms with Gasteiger partial charge in [0.05, 0.1) is 0 Å². The van der Waals surface area contributed by atoms with Crippen LogP contribution in [-0.4, -0.2) is 11.7 Å². The molecule has 90 valence electrons. The van der Waals surface area contributed by atoms with Crippen molar-refractivity contribution in [1.82, 2.24) is 0 Å². The van der Waals surface area contributed by atoms with Crippen LogP contribution in [0.15, 0.2) is 45.6 Å². The van der Waals surface area contributed by atoms with Gasteiger partial charge in [0.1, 0.15) is 0 Å². The van der Waals surface area contributed by atoms with Crippen molar-refractivity contribution in [1.29, 1.82) is 0 Å². The third kappa shape index (κ3) is 3.41. The lowest BCUT2D eigenvalue weighted by atomic mass is 9.94. The molecule has 17 heavy (non-hydrogen) atoms. The van der Waals surface area contributed by atoms with Crippen LogP contribution >= 0.6 is 27.3 Å². The van der Waals surface area contributed by atoms with Crippen molar-refractivity contribution in [2.45, 2.75) is 18.8 Å². The Kier molecular flexibility index (Phi) is 4.77. The molecule has 1 nitrogen and oxygen atoms in total. The van der Waals surface area contributed by atoms with Gasteiger partial charge in [-0.05, 0) is 46.9 Å². The monoisotopic (exact) mass is 310 g/mol. The molecule has 0 radical (unpaired) electrons. The Morgan fingerprint density at radius 2 is 2.06 bits per heavy atom. The van der Waals surface area contributed by atoms with Crippen molar-refractivity contribution in [3.8, 4) is 0 Å². The van der Waals surface area contributed by atoms with E-state index in [0.717, 1.165) is 17.3 Å². The number of halogens is 1. The summed E-state index contributed by atoms with van der Waals surface area (Å²) in [6.07, 6.45) is 2.01. The summed E-state index contributed by atoms with van der Waals surface area (Å²) in [6, 6.07) is 10.3. The predicted octanol–water partition coefficient (Wildman–Crippen LogP) is 4.22. The molecule has 1 unspecified atom stereocenters. The van der Waals surface area contributed by atoms with E-state index >= 15 is 0 Å². The Morgan fingerprint density at radius 3 is 2.71 bits per heavy atom. The molecule has 2 rings (SSSR count). The summed E-state index contributed by atoms with van der Waals surface area (Å²) in [4.78, 5) is 0. The van der Waals surface area contributed by atoms with Gasteiger partial charge in [-0.3, -0.25) is 0 Å². The summed E-state index contributed by atoms with van der Waals surface area (Å²) < 4.78 is 1.09. The maximum absolute atomic E-state index is 9.51. The first-order valence-corrected chi connectivity index (χ1v) is 7.41. The van der Waals surface area contributed by atoms with Crippen LogP contribution in [0.3, 0.4) is 0 Å². The van der Waals surface area contributed by atoms with Crippen molar-refractivity contribution in [3.05, 3.63) is 56.7 Å². The number of thiophene rings is 1. The van der Waals surface area contributed by atoms with Gasteiger partial charge in [-0.15, -0.1) is 0 Å². The molecule has 0 bridgehead atoms. The van der Waals surface area contributed by atoms with E-state index in [2.05, 4.69) is 38.8 Å². The molecule has 0 aliphatic rings. The number of hydrogen-bond donors (Lipinski definition) is 1. The van der Waals surface area contributed by atoms with Crippen LogP contribution in [0, 0.1) is 0 Å². The third-order valence-electron chi connectivity index (χ3n) is 2.93. The van der Waals surface area contributed by atoms with Crippen LogP contribution in [0.5, 0.6) is 0 Å². The SMILES string of the molecule is OCC(CCc1ccsc1)c1ccccc1Br.